The summed E-state index contributed by atoms with van der Waals surface area (Å²) in [5.74, 6) is -1.36. The van der Waals surface area contributed by atoms with E-state index in [1.807, 2.05) is 24.3 Å². The van der Waals surface area contributed by atoms with Gasteiger partial charge in [-0.05, 0) is 36.6 Å². The number of benzene rings is 2. The molecule has 1 aliphatic rings. The van der Waals surface area contributed by atoms with Crippen LogP contribution < -0.4 is 34.7 Å². The summed E-state index contributed by atoms with van der Waals surface area (Å²) < 4.78 is 13.6. The number of fused-ring (bicyclic) bond motifs is 1. The van der Waals surface area contributed by atoms with E-state index in [9.17, 15) is 24.5 Å². The van der Waals surface area contributed by atoms with E-state index in [0.29, 0.717) is 5.92 Å². The van der Waals surface area contributed by atoms with Crippen LogP contribution in [0.1, 0.15) is 42.9 Å². The van der Waals surface area contributed by atoms with E-state index in [0.717, 1.165) is 46.1 Å². The number of hydrogen-bond acceptors (Lipinski definition) is 5. The Kier molecular flexibility index (Phi) is 8.20. The molecule has 2 unspecified atom stereocenters. The Balaban J connectivity index is 0.00000289. The van der Waals surface area contributed by atoms with Gasteiger partial charge in [-0.25, -0.2) is 4.39 Å². The van der Waals surface area contributed by atoms with E-state index in [2.05, 4.69) is 0 Å². The number of nitrogens with zero attached hydrogens (tertiary/aromatic N) is 1. The van der Waals surface area contributed by atoms with Gasteiger partial charge in [0, 0.05) is 41.2 Å². The molecule has 2 aromatic carbocycles. The number of aliphatic carboxylic acids is 1. The summed E-state index contributed by atoms with van der Waals surface area (Å²) in [4.78, 5) is 15.5. The number of rotatable bonds is 8. The van der Waals surface area contributed by atoms with Crippen LogP contribution in [0.2, 0.25) is 0 Å². The minimum Gasteiger partial charge on any atom is -0.550 e. The largest absolute Gasteiger partial charge is 1.00 e. The Morgan fingerprint density at radius 3 is 2.50 bits per heavy atom. The molecule has 2 atom stereocenters. The number of carboxylic acids is 1. The summed E-state index contributed by atoms with van der Waals surface area (Å²) in [7, 11) is 0. The van der Waals surface area contributed by atoms with Crippen LogP contribution in [0.5, 0.6) is 0 Å². The Morgan fingerprint density at radius 2 is 1.84 bits per heavy atom. The smallest absolute Gasteiger partial charge is 0.550 e. The van der Waals surface area contributed by atoms with E-state index in [-0.39, 0.29) is 41.8 Å². The van der Waals surface area contributed by atoms with Gasteiger partial charge in [0.15, 0.2) is 0 Å². The summed E-state index contributed by atoms with van der Waals surface area (Å²) in [6.07, 6.45) is 2.51. The van der Waals surface area contributed by atoms with Crippen LogP contribution in [0, 0.1) is 5.82 Å². The van der Waals surface area contributed by atoms with Gasteiger partial charge in [-0.2, -0.15) is 0 Å². The molecule has 2 N–H and O–H groups in total. The molecule has 0 aliphatic heterocycles. The minimum absolute atomic E-state index is 0. The van der Waals surface area contributed by atoms with Crippen molar-refractivity contribution in [3.05, 3.63) is 71.7 Å². The molecule has 32 heavy (non-hydrogen) atoms. The van der Waals surface area contributed by atoms with Crippen LogP contribution in [0.15, 0.2) is 54.6 Å². The fourth-order valence-corrected chi connectivity index (χ4v) is 3.85. The summed E-state index contributed by atoms with van der Waals surface area (Å²) in [6.45, 7) is 0. The summed E-state index contributed by atoms with van der Waals surface area (Å²) >= 11 is 0. The van der Waals surface area contributed by atoms with Crippen LogP contribution in [0.3, 0.4) is 0 Å². The fourth-order valence-electron chi connectivity index (χ4n) is 3.85. The van der Waals surface area contributed by atoms with Crippen molar-refractivity contribution < 1.29 is 54.1 Å². The van der Waals surface area contributed by atoms with Crippen molar-refractivity contribution >= 4 is 22.9 Å². The minimum atomic E-state index is -1.36. The number of aromatic nitrogens is 1. The third-order valence-electron chi connectivity index (χ3n) is 5.46. The molecule has 1 aromatic heterocycles. The second-order valence-corrected chi connectivity index (χ2v) is 7.98. The number of para-hydroxylation sites is 1. The molecule has 0 radical (unpaired) electrons. The van der Waals surface area contributed by atoms with Crippen LogP contribution >= 0.6 is 0 Å². The first kappa shape index (κ1) is 24.6. The third kappa shape index (κ3) is 5.82. The molecule has 1 fully saturated rings. The van der Waals surface area contributed by atoms with E-state index in [1.54, 1.807) is 24.3 Å². The molecule has 0 amide bonds. The zero-order valence-electron chi connectivity index (χ0n) is 17.9. The first-order valence-electron chi connectivity index (χ1n) is 10.3. The molecular formula is C25H23FNNaO4. The Hall–Kier alpha value is -2.09. The fraction of sp³-hybridized carbons (Fsp3) is 0.280. The van der Waals surface area contributed by atoms with Crippen molar-refractivity contribution in [3.63, 3.8) is 0 Å². The molecule has 1 aliphatic carbocycles. The molecule has 7 heteroatoms. The van der Waals surface area contributed by atoms with Gasteiger partial charge in [-0.1, -0.05) is 42.5 Å². The molecule has 160 valence electrons. The first-order valence-corrected chi connectivity index (χ1v) is 10.3. The van der Waals surface area contributed by atoms with Gasteiger partial charge in [0.05, 0.1) is 23.4 Å². The van der Waals surface area contributed by atoms with Gasteiger partial charge >= 0.3 is 29.6 Å². The molecule has 1 saturated carbocycles. The number of carbonyl (C=O) groups is 1. The van der Waals surface area contributed by atoms with E-state index in [4.69, 9.17) is 4.98 Å². The number of pyridine rings is 1. The first-order chi connectivity index (χ1) is 14.9. The predicted octanol–water partition coefficient (Wildman–Crippen LogP) is 0.187. The van der Waals surface area contributed by atoms with Crippen molar-refractivity contribution in [2.45, 2.75) is 43.8 Å². The average Bonchev–Trinajstić information content (AvgIpc) is 3.56. The van der Waals surface area contributed by atoms with Crippen molar-refractivity contribution in [3.8, 4) is 11.1 Å². The molecular weight excluding hydrogens is 420 g/mol. The van der Waals surface area contributed by atoms with Gasteiger partial charge in [-0.15, -0.1) is 0 Å². The van der Waals surface area contributed by atoms with E-state index >= 15 is 0 Å². The van der Waals surface area contributed by atoms with Crippen molar-refractivity contribution in [1.29, 1.82) is 0 Å². The maximum absolute atomic E-state index is 13.6. The number of halogens is 1. The monoisotopic (exact) mass is 443 g/mol. The van der Waals surface area contributed by atoms with E-state index < -0.39 is 24.6 Å². The number of hydrogen-bond donors (Lipinski definition) is 2. The average molecular weight is 443 g/mol. The maximum Gasteiger partial charge on any atom is 1.00 e. The summed E-state index contributed by atoms with van der Waals surface area (Å²) in [5, 5.41) is 31.7. The topological polar surface area (TPSA) is 93.5 Å². The van der Waals surface area contributed by atoms with Gasteiger partial charge < -0.3 is 20.1 Å². The Labute approximate surface area is 207 Å². The van der Waals surface area contributed by atoms with Gasteiger partial charge in [0.1, 0.15) is 5.82 Å². The number of carbonyl (C=O) groups excluding carboxylic acids is 1. The zero-order chi connectivity index (χ0) is 22.0. The summed E-state index contributed by atoms with van der Waals surface area (Å²) in [5.41, 5.74) is 4.38. The zero-order valence-corrected chi connectivity index (χ0v) is 19.9. The van der Waals surface area contributed by atoms with Gasteiger partial charge in [-0.3, -0.25) is 4.98 Å². The second-order valence-electron chi connectivity index (χ2n) is 7.98. The SMILES string of the molecule is O=C([O-])CC(O)CC(O)/C=C/c1c(C2CC2)nc2ccccc2c1-c1ccc(F)cc1.[Na+]. The number of aliphatic hydroxyl groups is 2. The normalized spacial score (nSPS) is 15.5. The van der Waals surface area contributed by atoms with E-state index in [1.165, 1.54) is 12.1 Å². The third-order valence-corrected chi connectivity index (χ3v) is 5.46. The molecule has 1 heterocycles. The Bertz CT molecular complexity index is 1130. The molecule has 4 rings (SSSR count). The molecule has 0 spiro atoms. The number of carboxylic acid groups (broad SMARTS) is 1. The van der Waals surface area contributed by atoms with Gasteiger partial charge in [0.2, 0.25) is 0 Å². The molecule has 3 aromatic rings. The molecule has 0 bridgehead atoms. The van der Waals surface area contributed by atoms with Crippen molar-refractivity contribution in [2.24, 2.45) is 0 Å². The quantitative estimate of drug-likeness (QED) is 0.485. The molecule has 0 saturated heterocycles. The van der Waals surface area contributed by atoms with Crippen molar-refractivity contribution in [1.82, 2.24) is 4.98 Å². The van der Waals surface area contributed by atoms with Crippen LogP contribution in [-0.2, 0) is 4.79 Å². The Morgan fingerprint density at radius 1 is 1.16 bits per heavy atom. The van der Waals surface area contributed by atoms with Crippen LogP contribution in [-0.4, -0.2) is 33.4 Å². The second kappa shape index (κ2) is 10.7. The summed E-state index contributed by atoms with van der Waals surface area (Å²) in [6, 6.07) is 14.1. The van der Waals surface area contributed by atoms with Crippen LogP contribution in [0.4, 0.5) is 4.39 Å². The maximum atomic E-state index is 13.6. The molecule has 5 nitrogen and oxygen atoms in total. The standard InChI is InChI=1S/C25H24FNO4.Na/c26-17-9-7-15(8-10-17)24-20-3-1-2-4-22(20)27-25(16-5-6-16)21(24)12-11-18(28)13-19(29)14-23(30)31;/h1-4,7-12,16,18-19,28-29H,5-6,13-14H2,(H,30,31);/q;+1/p-1/b12-11+;. The van der Waals surface area contributed by atoms with Crippen molar-refractivity contribution in [2.75, 3.05) is 0 Å². The number of aliphatic hydroxyl groups excluding tert-OH is 2. The van der Waals surface area contributed by atoms with Gasteiger partial charge in [0.25, 0.3) is 0 Å². The van der Waals surface area contributed by atoms with Crippen LogP contribution in [0.25, 0.3) is 28.1 Å². The predicted molar refractivity (Wildman–Crippen MR) is 114 cm³/mol.